The molecule has 196 valence electrons. The molecule has 0 unspecified atom stereocenters. The van der Waals surface area contributed by atoms with Crippen LogP contribution in [0.15, 0.2) is 42.5 Å². The first kappa shape index (κ1) is 28.5. The molecule has 0 bridgehead atoms. The van der Waals surface area contributed by atoms with Gasteiger partial charge in [-0.05, 0) is 48.9 Å². The molecule has 36 heavy (non-hydrogen) atoms. The molecule has 2 aromatic rings. The minimum atomic E-state index is -4.91. The molecule has 0 saturated heterocycles. The molecular formula is C23H22F6N2O5. The molecule has 4 N–H and O–H groups in total. The molecule has 0 aliphatic heterocycles. The van der Waals surface area contributed by atoms with Gasteiger partial charge in [-0.15, -0.1) is 13.2 Å². The molecule has 0 spiro atoms. The molecule has 7 nitrogen and oxygen atoms in total. The van der Waals surface area contributed by atoms with Gasteiger partial charge in [0.2, 0.25) is 5.91 Å². The average Bonchev–Trinajstić information content (AvgIpc) is 2.74. The van der Waals surface area contributed by atoms with Crippen molar-refractivity contribution in [3.63, 3.8) is 0 Å². The Hall–Kier alpha value is -3.74. The van der Waals surface area contributed by atoms with E-state index in [1.54, 1.807) is 0 Å². The van der Waals surface area contributed by atoms with Crippen LogP contribution in [-0.2, 0) is 4.79 Å². The molecular weight excluding hydrogens is 498 g/mol. The molecule has 2 rings (SSSR count). The van der Waals surface area contributed by atoms with Crippen molar-refractivity contribution >= 4 is 23.5 Å². The number of carbonyl (C=O) groups excluding carboxylic acids is 2. The molecule has 0 heterocycles. The number of rotatable bonds is 10. The number of aliphatic hydroxyl groups excluding tert-OH is 1. The summed E-state index contributed by atoms with van der Waals surface area (Å²) < 4.78 is 83.5. The zero-order valence-corrected chi connectivity index (χ0v) is 18.7. The molecule has 1 atom stereocenters. The first-order valence-corrected chi connectivity index (χ1v) is 10.3. The number of halogens is 6. The minimum Gasteiger partial charge on any atom is -0.493 e. The fourth-order valence-electron chi connectivity index (χ4n) is 2.87. The zero-order valence-electron chi connectivity index (χ0n) is 18.7. The van der Waals surface area contributed by atoms with Crippen LogP contribution in [0.25, 0.3) is 11.6 Å². The van der Waals surface area contributed by atoms with Gasteiger partial charge < -0.3 is 25.6 Å². The number of benzene rings is 2. The number of alkyl halides is 6. The van der Waals surface area contributed by atoms with Crippen LogP contribution in [0.3, 0.4) is 0 Å². The summed E-state index contributed by atoms with van der Waals surface area (Å²) in [6.07, 6.45) is -10.3. The molecule has 2 amide bonds. The van der Waals surface area contributed by atoms with E-state index in [-0.39, 0.29) is 34.6 Å². The van der Waals surface area contributed by atoms with E-state index in [1.807, 2.05) is 0 Å². The normalized spacial score (nSPS) is 13.2. The summed E-state index contributed by atoms with van der Waals surface area (Å²) in [4.78, 5) is 24.9. The Bertz CT molecular complexity index is 1100. The highest BCUT2D eigenvalue weighted by molar-refractivity contribution is 6.26. The lowest BCUT2D eigenvalue weighted by molar-refractivity contribution is -0.274. The van der Waals surface area contributed by atoms with Gasteiger partial charge in [0, 0.05) is 23.2 Å². The Morgan fingerprint density at radius 3 is 2.17 bits per heavy atom. The van der Waals surface area contributed by atoms with Gasteiger partial charge in [0.15, 0.2) is 0 Å². The van der Waals surface area contributed by atoms with E-state index in [9.17, 15) is 41.0 Å². The van der Waals surface area contributed by atoms with Crippen LogP contribution >= 0.6 is 0 Å². The van der Waals surface area contributed by atoms with Gasteiger partial charge in [0.05, 0.1) is 19.1 Å². The van der Waals surface area contributed by atoms with Crippen LogP contribution in [0.4, 0.5) is 26.3 Å². The minimum absolute atomic E-state index is 0.0950. The Morgan fingerprint density at radius 2 is 1.64 bits per heavy atom. The molecule has 0 fully saturated rings. The Balaban J connectivity index is 2.51. The Labute approximate surface area is 201 Å². The summed E-state index contributed by atoms with van der Waals surface area (Å²) in [5, 5.41) is 11.9. The third-order valence-corrected chi connectivity index (χ3v) is 4.43. The van der Waals surface area contributed by atoms with Crippen LogP contribution in [-0.4, -0.2) is 48.7 Å². The first-order chi connectivity index (χ1) is 16.6. The third-order valence-electron chi connectivity index (χ3n) is 4.43. The van der Waals surface area contributed by atoms with Crippen LogP contribution < -0.4 is 20.5 Å². The van der Waals surface area contributed by atoms with E-state index in [2.05, 4.69) is 10.1 Å². The lowest BCUT2D eigenvalue weighted by atomic mass is 9.96. The summed E-state index contributed by atoms with van der Waals surface area (Å²) in [5.74, 6) is -2.38. The zero-order chi connectivity index (χ0) is 27.1. The highest BCUT2D eigenvalue weighted by atomic mass is 19.4. The molecule has 0 aromatic heterocycles. The van der Waals surface area contributed by atoms with E-state index in [4.69, 9.17) is 10.5 Å². The van der Waals surface area contributed by atoms with Gasteiger partial charge in [0.25, 0.3) is 5.91 Å². The number of hydrogen-bond donors (Lipinski definition) is 3. The number of amides is 2. The van der Waals surface area contributed by atoms with Crippen molar-refractivity contribution < 1.29 is 50.5 Å². The predicted octanol–water partition coefficient (Wildman–Crippen LogP) is 4.05. The summed E-state index contributed by atoms with van der Waals surface area (Å²) in [5.41, 5.74) is 5.13. The van der Waals surface area contributed by atoms with Gasteiger partial charge in [-0.2, -0.15) is 13.2 Å². The quantitative estimate of drug-likeness (QED) is 0.249. The first-order valence-electron chi connectivity index (χ1n) is 10.3. The second-order valence-corrected chi connectivity index (χ2v) is 7.52. The summed E-state index contributed by atoms with van der Waals surface area (Å²) >= 11 is 0. The average molecular weight is 520 g/mol. The smallest absolute Gasteiger partial charge is 0.493 e. The fourth-order valence-corrected chi connectivity index (χ4v) is 2.87. The second-order valence-electron chi connectivity index (χ2n) is 7.52. The highest BCUT2D eigenvalue weighted by Crippen LogP contribution is 2.29. The van der Waals surface area contributed by atoms with Crippen LogP contribution in [0.1, 0.15) is 34.8 Å². The van der Waals surface area contributed by atoms with Crippen molar-refractivity contribution in [1.82, 2.24) is 5.32 Å². The number of carbonyl (C=O) groups is 2. The lowest BCUT2D eigenvalue weighted by Crippen LogP contribution is -2.31. The van der Waals surface area contributed by atoms with Crippen molar-refractivity contribution in [2.75, 3.05) is 13.2 Å². The maximum Gasteiger partial charge on any atom is 0.573 e. The Morgan fingerprint density at radius 1 is 1.03 bits per heavy atom. The van der Waals surface area contributed by atoms with Gasteiger partial charge in [-0.1, -0.05) is 12.1 Å². The monoisotopic (exact) mass is 520 g/mol. The van der Waals surface area contributed by atoms with E-state index < -0.39 is 49.2 Å². The summed E-state index contributed by atoms with van der Waals surface area (Å²) in [6, 6.07) is 7.91. The van der Waals surface area contributed by atoms with Gasteiger partial charge in [0.1, 0.15) is 11.5 Å². The molecule has 13 heteroatoms. The number of ether oxygens (including phenoxy) is 2. The second kappa shape index (κ2) is 11.8. The van der Waals surface area contributed by atoms with Crippen LogP contribution in [0.5, 0.6) is 11.5 Å². The number of nitrogens with one attached hydrogen (secondary N) is 1. The standard InChI is InChI=1S/C23H22F6N2O5/c1-13(32)12-31-21(34)19(10-14-2-4-15(5-3-14)36-23(27,28)29)18-11-16(6-7-17(18)20(30)33)35-9-8-22(24,25)26/h2-7,10-11,13,32H,8-9,12H2,1H3,(H2,30,33)(H,31,34)/b19-10-/t13-/m0/s1. The molecule has 0 saturated carbocycles. The molecule has 0 radical (unpaired) electrons. The maximum atomic E-state index is 12.9. The fraction of sp³-hybridized carbons (Fsp3) is 0.304. The van der Waals surface area contributed by atoms with Gasteiger partial charge >= 0.3 is 12.5 Å². The van der Waals surface area contributed by atoms with Crippen molar-refractivity contribution in [2.24, 2.45) is 5.73 Å². The summed E-state index contributed by atoms with van der Waals surface area (Å²) in [7, 11) is 0. The highest BCUT2D eigenvalue weighted by Gasteiger charge is 2.31. The molecule has 2 aromatic carbocycles. The van der Waals surface area contributed by atoms with E-state index in [0.29, 0.717) is 0 Å². The van der Waals surface area contributed by atoms with E-state index >= 15 is 0 Å². The lowest BCUT2D eigenvalue weighted by Gasteiger charge is -2.16. The van der Waals surface area contributed by atoms with Crippen LogP contribution in [0.2, 0.25) is 0 Å². The topological polar surface area (TPSA) is 111 Å². The Kier molecular flexibility index (Phi) is 9.34. The van der Waals surface area contributed by atoms with Gasteiger partial charge in [-0.3, -0.25) is 9.59 Å². The largest absolute Gasteiger partial charge is 0.573 e. The SMILES string of the molecule is C[C@H](O)CNC(=O)/C(=C\c1ccc(OC(F)(F)F)cc1)c1cc(OCCC(F)(F)F)ccc1C(N)=O. The molecule has 0 aliphatic carbocycles. The van der Waals surface area contributed by atoms with Gasteiger partial charge in [-0.25, -0.2) is 0 Å². The van der Waals surface area contributed by atoms with Crippen molar-refractivity contribution in [2.45, 2.75) is 32.0 Å². The van der Waals surface area contributed by atoms with Crippen LogP contribution in [0, 0.1) is 0 Å². The number of hydrogen-bond acceptors (Lipinski definition) is 5. The predicted molar refractivity (Wildman–Crippen MR) is 117 cm³/mol. The van der Waals surface area contributed by atoms with E-state index in [0.717, 1.165) is 24.3 Å². The van der Waals surface area contributed by atoms with E-state index in [1.165, 1.54) is 31.2 Å². The molecule has 0 aliphatic rings. The number of primary amides is 1. The van der Waals surface area contributed by atoms with Crippen molar-refractivity contribution in [3.05, 3.63) is 59.2 Å². The maximum absolute atomic E-state index is 12.9. The third kappa shape index (κ3) is 9.49. The number of aliphatic hydroxyl groups is 1. The van der Waals surface area contributed by atoms with Crippen molar-refractivity contribution in [3.8, 4) is 11.5 Å². The number of nitrogens with two attached hydrogens (primary N) is 1. The summed E-state index contributed by atoms with van der Waals surface area (Å²) in [6.45, 7) is 0.474. The van der Waals surface area contributed by atoms with Crippen molar-refractivity contribution in [1.29, 1.82) is 0 Å².